The van der Waals surface area contributed by atoms with Crippen LogP contribution in [0.25, 0.3) is 11.3 Å². The van der Waals surface area contributed by atoms with Gasteiger partial charge in [0, 0.05) is 30.6 Å². The molecule has 2 heterocycles. The lowest BCUT2D eigenvalue weighted by Gasteiger charge is -2.06. The molecule has 4 nitrogen and oxygen atoms in total. The Morgan fingerprint density at radius 1 is 1.33 bits per heavy atom. The molecular formula is C14H21N3O. The van der Waals surface area contributed by atoms with Crippen molar-refractivity contribution in [3.05, 3.63) is 30.1 Å². The van der Waals surface area contributed by atoms with Gasteiger partial charge in [-0.1, -0.05) is 13.8 Å². The van der Waals surface area contributed by atoms with Crippen LogP contribution in [0.15, 0.2) is 24.5 Å². The van der Waals surface area contributed by atoms with Gasteiger partial charge in [-0.25, -0.2) is 4.98 Å². The van der Waals surface area contributed by atoms with E-state index in [0.717, 1.165) is 16.8 Å². The molecule has 2 rings (SSSR count). The summed E-state index contributed by atoms with van der Waals surface area (Å²) < 4.78 is 7.17. The first-order valence-corrected chi connectivity index (χ1v) is 6.30. The normalized spacial score (nSPS) is 9.61. The molecule has 0 saturated carbocycles. The first-order valence-electron chi connectivity index (χ1n) is 6.30. The van der Waals surface area contributed by atoms with Gasteiger partial charge >= 0.3 is 0 Å². The molecule has 0 atom stereocenters. The summed E-state index contributed by atoms with van der Waals surface area (Å²) in [4.78, 5) is 4.28. The second-order valence-electron chi connectivity index (χ2n) is 3.65. The van der Waals surface area contributed by atoms with E-state index < -0.39 is 0 Å². The molecule has 0 amide bonds. The molecule has 0 N–H and O–H groups in total. The summed E-state index contributed by atoms with van der Waals surface area (Å²) in [6.07, 6.45) is 3.71. The van der Waals surface area contributed by atoms with Crippen LogP contribution < -0.4 is 4.74 Å². The van der Waals surface area contributed by atoms with Crippen LogP contribution in [0.2, 0.25) is 0 Å². The summed E-state index contributed by atoms with van der Waals surface area (Å²) in [5, 5.41) is 4.33. The molecule has 0 radical (unpaired) electrons. The predicted octanol–water partition coefficient (Wildman–Crippen LogP) is 3.22. The number of nitrogens with zero attached hydrogens (tertiary/aromatic N) is 3. The molecule has 2 aromatic rings. The molecule has 0 aliphatic carbocycles. The quantitative estimate of drug-likeness (QED) is 0.836. The summed E-state index contributed by atoms with van der Waals surface area (Å²) >= 11 is 0. The Hall–Kier alpha value is -1.84. The Morgan fingerprint density at radius 3 is 2.56 bits per heavy atom. The van der Waals surface area contributed by atoms with E-state index in [0.29, 0.717) is 12.5 Å². The molecule has 0 fully saturated rings. The first-order chi connectivity index (χ1) is 8.70. The van der Waals surface area contributed by atoms with Gasteiger partial charge in [-0.2, -0.15) is 5.10 Å². The third kappa shape index (κ3) is 3.32. The van der Waals surface area contributed by atoms with Crippen LogP contribution in [0.1, 0.15) is 26.3 Å². The van der Waals surface area contributed by atoms with Crippen molar-refractivity contribution >= 4 is 0 Å². The minimum Gasteiger partial charge on any atom is -0.478 e. The van der Waals surface area contributed by atoms with E-state index in [1.165, 1.54) is 0 Å². The minimum atomic E-state index is 0.636. The standard InChI is InChI=1S/C12H15N3O.C2H6/c1-4-16-12-9(2)7-10(8-13-12)11-5-6-15(3)14-11;1-2/h5-8H,4H2,1-3H3;1-2H3. The van der Waals surface area contributed by atoms with Gasteiger partial charge in [-0.3, -0.25) is 4.68 Å². The van der Waals surface area contributed by atoms with E-state index in [9.17, 15) is 0 Å². The van der Waals surface area contributed by atoms with Gasteiger partial charge in [-0.05, 0) is 26.0 Å². The fourth-order valence-electron chi connectivity index (χ4n) is 1.56. The van der Waals surface area contributed by atoms with Gasteiger partial charge in [0.15, 0.2) is 0 Å². The van der Waals surface area contributed by atoms with Crippen LogP contribution in [-0.4, -0.2) is 21.4 Å². The van der Waals surface area contributed by atoms with E-state index in [1.807, 2.05) is 53.1 Å². The highest BCUT2D eigenvalue weighted by atomic mass is 16.5. The third-order valence-electron chi connectivity index (χ3n) is 2.32. The smallest absolute Gasteiger partial charge is 0.216 e. The van der Waals surface area contributed by atoms with Crippen molar-refractivity contribution in [3.8, 4) is 17.1 Å². The Balaban J connectivity index is 0.000000771. The SMILES string of the molecule is CC.CCOc1ncc(-c2ccn(C)n2)cc1C. The highest BCUT2D eigenvalue weighted by Crippen LogP contribution is 2.22. The Morgan fingerprint density at radius 2 is 2.06 bits per heavy atom. The third-order valence-corrected chi connectivity index (χ3v) is 2.32. The van der Waals surface area contributed by atoms with Gasteiger partial charge in [0.05, 0.1) is 12.3 Å². The lowest BCUT2D eigenvalue weighted by atomic mass is 10.1. The van der Waals surface area contributed by atoms with Crippen LogP contribution in [0.5, 0.6) is 5.88 Å². The first kappa shape index (κ1) is 14.2. The van der Waals surface area contributed by atoms with Gasteiger partial charge in [0.2, 0.25) is 5.88 Å². The maximum Gasteiger partial charge on any atom is 0.216 e. The fraction of sp³-hybridized carbons (Fsp3) is 0.429. The largest absolute Gasteiger partial charge is 0.478 e. The van der Waals surface area contributed by atoms with E-state index in [-0.39, 0.29) is 0 Å². The average Bonchev–Trinajstić information content (AvgIpc) is 2.81. The number of hydrogen-bond donors (Lipinski definition) is 0. The summed E-state index contributed by atoms with van der Waals surface area (Å²) in [5.74, 6) is 0.696. The Labute approximate surface area is 109 Å². The van der Waals surface area contributed by atoms with E-state index in [2.05, 4.69) is 10.1 Å². The predicted molar refractivity (Wildman–Crippen MR) is 73.7 cm³/mol. The lowest BCUT2D eigenvalue weighted by molar-refractivity contribution is 0.324. The molecule has 0 bridgehead atoms. The molecule has 0 aliphatic rings. The maximum absolute atomic E-state index is 5.40. The molecule has 0 aromatic carbocycles. The number of pyridine rings is 1. The number of aromatic nitrogens is 3. The molecule has 0 aliphatic heterocycles. The molecule has 4 heteroatoms. The van der Waals surface area contributed by atoms with Crippen molar-refractivity contribution in [2.45, 2.75) is 27.7 Å². The van der Waals surface area contributed by atoms with Crippen molar-refractivity contribution in [1.29, 1.82) is 0 Å². The topological polar surface area (TPSA) is 39.9 Å². The van der Waals surface area contributed by atoms with Gasteiger partial charge in [-0.15, -0.1) is 0 Å². The fourth-order valence-corrected chi connectivity index (χ4v) is 1.56. The van der Waals surface area contributed by atoms with E-state index in [4.69, 9.17) is 4.74 Å². The summed E-state index contributed by atoms with van der Waals surface area (Å²) in [5.41, 5.74) is 2.98. The summed E-state index contributed by atoms with van der Waals surface area (Å²) in [6.45, 7) is 8.58. The minimum absolute atomic E-state index is 0.636. The van der Waals surface area contributed by atoms with Crippen LogP contribution in [-0.2, 0) is 7.05 Å². The van der Waals surface area contributed by atoms with Crippen molar-refractivity contribution in [2.75, 3.05) is 6.61 Å². The number of aryl methyl sites for hydroxylation is 2. The molecule has 18 heavy (non-hydrogen) atoms. The second kappa shape index (κ2) is 6.79. The number of hydrogen-bond acceptors (Lipinski definition) is 3. The zero-order chi connectivity index (χ0) is 13.5. The highest BCUT2D eigenvalue weighted by molar-refractivity contribution is 5.59. The zero-order valence-electron chi connectivity index (χ0n) is 11.8. The number of rotatable bonds is 3. The molecule has 0 unspecified atom stereocenters. The van der Waals surface area contributed by atoms with Crippen LogP contribution in [0.4, 0.5) is 0 Å². The van der Waals surface area contributed by atoms with Crippen LogP contribution in [0, 0.1) is 6.92 Å². The number of ether oxygens (including phenoxy) is 1. The summed E-state index contributed by atoms with van der Waals surface area (Å²) in [7, 11) is 1.90. The van der Waals surface area contributed by atoms with Crippen LogP contribution in [0.3, 0.4) is 0 Å². The molecule has 0 saturated heterocycles. The highest BCUT2D eigenvalue weighted by Gasteiger charge is 2.06. The molecule has 2 aromatic heterocycles. The van der Waals surface area contributed by atoms with E-state index >= 15 is 0 Å². The monoisotopic (exact) mass is 247 g/mol. The van der Waals surface area contributed by atoms with Gasteiger partial charge in [0.25, 0.3) is 0 Å². The van der Waals surface area contributed by atoms with E-state index in [1.54, 1.807) is 10.9 Å². The van der Waals surface area contributed by atoms with Gasteiger partial charge < -0.3 is 4.74 Å². The van der Waals surface area contributed by atoms with Crippen molar-refractivity contribution < 1.29 is 4.74 Å². The van der Waals surface area contributed by atoms with Crippen LogP contribution >= 0.6 is 0 Å². The molecule has 98 valence electrons. The zero-order valence-corrected chi connectivity index (χ0v) is 11.8. The van der Waals surface area contributed by atoms with Crippen molar-refractivity contribution in [2.24, 2.45) is 7.05 Å². The molecular weight excluding hydrogens is 226 g/mol. The second-order valence-corrected chi connectivity index (χ2v) is 3.65. The summed E-state index contributed by atoms with van der Waals surface area (Å²) in [6, 6.07) is 4.01. The van der Waals surface area contributed by atoms with Gasteiger partial charge in [0.1, 0.15) is 0 Å². The Bertz CT molecular complexity index is 492. The Kier molecular flexibility index (Phi) is 5.36. The van der Waals surface area contributed by atoms with Crippen molar-refractivity contribution in [3.63, 3.8) is 0 Å². The van der Waals surface area contributed by atoms with Crippen molar-refractivity contribution in [1.82, 2.24) is 14.8 Å². The maximum atomic E-state index is 5.40. The molecule has 0 spiro atoms. The average molecular weight is 247 g/mol. The lowest BCUT2D eigenvalue weighted by Crippen LogP contribution is -1.97.